The van der Waals surface area contributed by atoms with Gasteiger partial charge in [-0.25, -0.2) is 0 Å². The maximum absolute atomic E-state index is 12.4. The Kier molecular flexibility index (Phi) is 5.55. The summed E-state index contributed by atoms with van der Waals surface area (Å²) in [6.07, 6.45) is 2.93. The van der Waals surface area contributed by atoms with E-state index in [0.29, 0.717) is 34.1 Å². The quantitative estimate of drug-likeness (QED) is 0.254. The number of allylic oxidation sites excluding steroid dienone is 1. The molecule has 3 rings (SSSR count). The molecule has 0 amide bonds. The largest absolute Gasteiger partial charge is 0.493 e. The highest BCUT2D eigenvalue weighted by Crippen LogP contribution is 2.28. The van der Waals surface area contributed by atoms with Crippen LogP contribution in [0.1, 0.15) is 16.1 Å². The minimum atomic E-state index is -0.463. The maximum Gasteiger partial charge on any atom is 0.270 e. The molecule has 0 unspecified atom stereocenters. The average molecular weight is 379 g/mol. The summed E-state index contributed by atoms with van der Waals surface area (Å²) >= 11 is 0. The summed E-state index contributed by atoms with van der Waals surface area (Å²) in [6.45, 7) is 0. The number of non-ortho nitro benzene ring substituents is 1. The highest BCUT2D eigenvalue weighted by atomic mass is 16.6. The molecule has 1 aromatic heterocycles. The number of ether oxygens (including phenoxy) is 2. The number of methoxy groups -OCH3 is 2. The Morgan fingerprint density at radius 1 is 1.04 bits per heavy atom. The molecule has 2 aromatic carbocycles. The number of furan rings is 1. The SMILES string of the molecule is COc1ccc(C(=O)C=Cc2ccc(-c3cccc([N+](=O)[O-])c3)o2)cc1OC. The Hall–Kier alpha value is -3.87. The van der Waals surface area contributed by atoms with E-state index in [1.807, 2.05) is 0 Å². The van der Waals surface area contributed by atoms with Crippen molar-refractivity contribution in [2.24, 2.45) is 0 Å². The third-order valence-corrected chi connectivity index (χ3v) is 4.04. The fourth-order valence-corrected chi connectivity index (χ4v) is 2.61. The lowest BCUT2D eigenvalue weighted by Crippen LogP contribution is -1.97. The highest BCUT2D eigenvalue weighted by Gasteiger charge is 2.11. The van der Waals surface area contributed by atoms with Crippen LogP contribution in [0.2, 0.25) is 0 Å². The first-order valence-electron chi connectivity index (χ1n) is 8.31. The number of carbonyl (C=O) groups is 1. The highest BCUT2D eigenvalue weighted by molar-refractivity contribution is 6.07. The van der Waals surface area contributed by atoms with Crippen LogP contribution in [-0.4, -0.2) is 24.9 Å². The van der Waals surface area contributed by atoms with E-state index in [1.54, 1.807) is 48.5 Å². The third-order valence-electron chi connectivity index (χ3n) is 4.04. The zero-order chi connectivity index (χ0) is 20.1. The van der Waals surface area contributed by atoms with E-state index in [9.17, 15) is 14.9 Å². The number of nitro groups is 1. The number of hydrogen-bond acceptors (Lipinski definition) is 6. The van der Waals surface area contributed by atoms with Crippen LogP contribution in [-0.2, 0) is 0 Å². The number of ketones is 1. The molecule has 142 valence electrons. The van der Waals surface area contributed by atoms with Gasteiger partial charge in [-0.2, -0.15) is 0 Å². The summed E-state index contributed by atoms with van der Waals surface area (Å²) in [4.78, 5) is 22.8. The van der Waals surface area contributed by atoms with Crippen LogP contribution in [0.3, 0.4) is 0 Å². The van der Waals surface area contributed by atoms with E-state index >= 15 is 0 Å². The number of hydrogen-bond donors (Lipinski definition) is 0. The van der Waals surface area contributed by atoms with Gasteiger partial charge in [0.1, 0.15) is 11.5 Å². The van der Waals surface area contributed by atoms with Gasteiger partial charge in [-0.3, -0.25) is 14.9 Å². The molecule has 0 aliphatic heterocycles. The van der Waals surface area contributed by atoms with E-state index in [4.69, 9.17) is 13.9 Å². The maximum atomic E-state index is 12.4. The van der Waals surface area contributed by atoms with E-state index in [0.717, 1.165) is 0 Å². The Bertz CT molecular complexity index is 1050. The number of carbonyl (C=O) groups excluding carboxylic acids is 1. The lowest BCUT2D eigenvalue weighted by Gasteiger charge is -2.07. The fraction of sp³-hybridized carbons (Fsp3) is 0.0952. The lowest BCUT2D eigenvalue weighted by atomic mass is 10.1. The topological polar surface area (TPSA) is 91.8 Å². The molecule has 0 radical (unpaired) electrons. The molecule has 7 heteroatoms. The first kappa shape index (κ1) is 18.9. The molecular weight excluding hydrogens is 362 g/mol. The summed E-state index contributed by atoms with van der Waals surface area (Å²) < 4.78 is 16.0. The molecule has 0 N–H and O–H groups in total. The van der Waals surface area contributed by atoms with Gasteiger partial charge in [0.2, 0.25) is 0 Å². The predicted octanol–water partition coefficient (Wildman–Crippen LogP) is 4.77. The Morgan fingerprint density at radius 2 is 1.82 bits per heavy atom. The number of nitro benzene ring substituents is 1. The molecule has 28 heavy (non-hydrogen) atoms. The van der Waals surface area contributed by atoms with Gasteiger partial charge < -0.3 is 13.9 Å². The molecular formula is C21H17NO6. The summed E-state index contributed by atoms with van der Waals surface area (Å²) in [7, 11) is 3.02. The predicted molar refractivity (Wildman–Crippen MR) is 104 cm³/mol. The Labute approximate surface area is 161 Å². The average Bonchev–Trinajstić information content (AvgIpc) is 3.20. The van der Waals surface area contributed by atoms with E-state index in [1.165, 1.54) is 32.4 Å². The molecule has 0 bridgehead atoms. The summed E-state index contributed by atoms with van der Waals surface area (Å²) in [5.74, 6) is 1.70. The van der Waals surface area contributed by atoms with Crippen molar-refractivity contribution >= 4 is 17.5 Å². The fourth-order valence-electron chi connectivity index (χ4n) is 2.61. The second-order valence-electron chi connectivity index (χ2n) is 5.78. The third kappa shape index (κ3) is 4.09. The lowest BCUT2D eigenvalue weighted by molar-refractivity contribution is -0.384. The van der Waals surface area contributed by atoms with Crippen LogP contribution in [0, 0.1) is 10.1 Å². The first-order chi connectivity index (χ1) is 13.5. The molecule has 0 aliphatic rings. The van der Waals surface area contributed by atoms with Crippen LogP contribution in [0.25, 0.3) is 17.4 Å². The van der Waals surface area contributed by atoms with Gasteiger partial charge in [0.05, 0.1) is 19.1 Å². The van der Waals surface area contributed by atoms with Gasteiger partial charge in [0.15, 0.2) is 17.3 Å². The molecule has 0 spiro atoms. The molecule has 0 fully saturated rings. The zero-order valence-corrected chi connectivity index (χ0v) is 15.2. The second-order valence-corrected chi connectivity index (χ2v) is 5.78. The van der Waals surface area contributed by atoms with Crippen molar-refractivity contribution in [2.45, 2.75) is 0 Å². The van der Waals surface area contributed by atoms with Gasteiger partial charge in [0, 0.05) is 23.3 Å². The molecule has 3 aromatic rings. The van der Waals surface area contributed by atoms with Gasteiger partial charge in [-0.15, -0.1) is 0 Å². The van der Waals surface area contributed by atoms with Gasteiger partial charge in [0.25, 0.3) is 5.69 Å². The normalized spacial score (nSPS) is 10.8. The van der Waals surface area contributed by atoms with Crippen molar-refractivity contribution in [1.82, 2.24) is 0 Å². The van der Waals surface area contributed by atoms with E-state index in [-0.39, 0.29) is 11.5 Å². The van der Waals surface area contributed by atoms with Crippen LogP contribution >= 0.6 is 0 Å². The minimum absolute atomic E-state index is 0.0189. The first-order valence-corrected chi connectivity index (χ1v) is 8.31. The van der Waals surface area contributed by atoms with Gasteiger partial charge >= 0.3 is 0 Å². The molecule has 0 aliphatic carbocycles. The van der Waals surface area contributed by atoms with Crippen molar-refractivity contribution in [1.29, 1.82) is 0 Å². The monoisotopic (exact) mass is 379 g/mol. The van der Waals surface area contributed by atoms with Crippen molar-refractivity contribution in [3.05, 3.63) is 82.1 Å². The van der Waals surface area contributed by atoms with Crippen LogP contribution in [0.15, 0.2) is 65.1 Å². The van der Waals surface area contributed by atoms with Gasteiger partial charge in [-0.1, -0.05) is 12.1 Å². The molecule has 0 saturated heterocycles. The van der Waals surface area contributed by atoms with Crippen molar-refractivity contribution in [3.63, 3.8) is 0 Å². The van der Waals surface area contributed by atoms with Crippen molar-refractivity contribution in [2.75, 3.05) is 14.2 Å². The Balaban J connectivity index is 1.78. The molecule has 7 nitrogen and oxygen atoms in total. The second kappa shape index (κ2) is 8.22. The van der Waals surface area contributed by atoms with Crippen LogP contribution in [0.4, 0.5) is 5.69 Å². The van der Waals surface area contributed by atoms with Crippen LogP contribution in [0.5, 0.6) is 11.5 Å². The summed E-state index contributed by atoms with van der Waals surface area (Å²) in [6, 6.07) is 14.4. The standard InChI is InChI=1S/C21H17NO6/c1-26-20-10-6-14(13-21(20)27-2)18(23)9-7-17-8-11-19(28-17)15-4-3-5-16(12-15)22(24)25/h3-13H,1-2H3. The zero-order valence-electron chi connectivity index (χ0n) is 15.2. The smallest absolute Gasteiger partial charge is 0.270 e. The van der Waals surface area contributed by atoms with Crippen molar-refractivity contribution < 1.29 is 23.6 Å². The number of benzene rings is 2. The van der Waals surface area contributed by atoms with E-state index in [2.05, 4.69) is 0 Å². The number of nitrogens with zero attached hydrogens (tertiary/aromatic N) is 1. The molecule has 0 saturated carbocycles. The van der Waals surface area contributed by atoms with Crippen LogP contribution < -0.4 is 9.47 Å². The number of rotatable bonds is 7. The molecule has 0 atom stereocenters. The summed E-state index contributed by atoms with van der Waals surface area (Å²) in [5.41, 5.74) is 1.01. The summed E-state index contributed by atoms with van der Waals surface area (Å²) in [5, 5.41) is 10.9. The van der Waals surface area contributed by atoms with Crippen molar-refractivity contribution in [3.8, 4) is 22.8 Å². The molecule has 1 heterocycles. The van der Waals surface area contributed by atoms with E-state index < -0.39 is 4.92 Å². The Morgan fingerprint density at radius 3 is 2.54 bits per heavy atom. The minimum Gasteiger partial charge on any atom is -0.493 e. The van der Waals surface area contributed by atoms with Gasteiger partial charge in [-0.05, 0) is 42.5 Å².